The molecule has 16 heavy (non-hydrogen) atoms. The van der Waals surface area contributed by atoms with E-state index in [-0.39, 0.29) is 0 Å². The van der Waals surface area contributed by atoms with Gasteiger partial charge in [-0.25, -0.2) is 0 Å². The Morgan fingerprint density at radius 2 is 1.75 bits per heavy atom. The van der Waals surface area contributed by atoms with Gasteiger partial charge in [-0.05, 0) is 40.8 Å². The third-order valence-corrected chi connectivity index (χ3v) is 3.49. The van der Waals surface area contributed by atoms with E-state index in [2.05, 4.69) is 43.3 Å². The summed E-state index contributed by atoms with van der Waals surface area (Å²) in [6.07, 6.45) is 1.13. The number of rotatable bonds is 1. The van der Waals surface area contributed by atoms with E-state index < -0.39 is 0 Å². The smallest absolute Gasteiger partial charge is 0.0317 e. The van der Waals surface area contributed by atoms with Crippen LogP contribution in [0.3, 0.4) is 0 Å². The molecule has 1 heteroatoms. The van der Waals surface area contributed by atoms with E-state index in [0.29, 0.717) is 5.92 Å². The number of benzene rings is 2. The number of nitrogen functional groups attached to an aromatic ring is 1. The van der Waals surface area contributed by atoms with Crippen LogP contribution in [0, 0.1) is 0 Å². The highest BCUT2D eigenvalue weighted by Crippen LogP contribution is 2.46. The number of hydrogen-bond acceptors (Lipinski definition) is 1. The summed E-state index contributed by atoms with van der Waals surface area (Å²) >= 11 is 0. The summed E-state index contributed by atoms with van der Waals surface area (Å²) < 4.78 is 0. The van der Waals surface area contributed by atoms with Crippen molar-refractivity contribution in [2.24, 2.45) is 0 Å². The van der Waals surface area contributed by atoms with Gasteiger partial charge in [-0.15, -0.1) is 0 Å². The first-order valence-corrected chi connectivity index (χ1v) is 5.80. The quantitative estimate of drug-likeness (QED) is 0.710. The van der Waals surface area contributed by atoms with Gasteiger partial charge in [0.15, 0.2) is 0 Å². The molecule has 0 radical (unpaired) electrons. The van der Waals surface area contributed by atoms with Crippen molar-refractivity contribution in [2.45, 2.75) is 19.3 Å². The van der Waals surface area contributed by atoms with E-state index in [0.717, 1.165) is 12.1 Å². The number of nitrogens with two attached hydrogens (primary N) is 1. The maximum Gasteiger partial charge on any atom is 0.0317 e. The van der Waals surface area contributed by atoms with Crippen molar-refractivity contribution in [2.75, 3.05) is 5.73 Å². The predicted molar refractivity (Wildman–Crippen MR) is 68.4 cm³/mol. The van der Waals surface area contributed by atoms with Crippen LogP contribution in [0.2, 0.25) is 0 Å². The van der Waals surface area contributed by atoms with Crippen LogP contribution in [0.15, 0.2) is 42.5 Å². The second-order valence-corrected chi connectivity index (χ2v) is 4.39. The van der Waals surface area contributed by atoms with Crippen molar-refractivity contribution in [1.82, 2.24) is 0 Å². The average molecular weight is 209 g/mol. The molecule has 0 saturated carbocycles. The Balaban J connectivity index is 2.29. The van der Waals surface area contributed by atoms with Crippen LogP contribution in [0.5, 0.6) is 0 Å². The van der Waals surface area contributed by atoms with E-state index in [1.165, 1.54) is 22.3 Å². The van der Waals surface area contributed by atoms with Crippen LogP contribution in [0.4, 0.5) is 5.69 Å². The van der Waals surface area contributed by atoms with Crippen molar-refractivity contribution >= 4 is 5.69 Å². The molecular formula is C15H15N. The van der Waals surface area contributed by atoms with E-state index in [1.54, 1.807) is 0 Å². The Labute approximate surface area is 95.9 Å². The molecule has 3 rings (SSSR count). The standard InChI is InChI=1S/C15H15N/c1-2-11-12-5-3-4-6-13(12)14-8-7-10(16)9-15(11)14/h3-9,11H,2,16H2,1H3. The highest BCUT2D eigenvalue weighted by Gasteiger charge is 2.26. The van der Waals surface area contributed by atoms with Crippen LogP contribution in [0.25, 0.3) is 11.1 Å². The lowest BCUT2D eigenvalue weighted by Gasteiger charge is -2.10. The minimum Gasteiger partial charge on any atom is -0.399 e. The molecule has 0 saturated heterocycles. The normalized spacial score (nSPS) is 16.9. The fourth-order valence-electron chi connectivity index (χ4n) is 2.77. The molecule has 1 atom stereocenters. The molecule has 0 bridgehead atoms. The first-order valence-electron chi connectivity index (χ1n) is 5.80. The lowest BCUT2D eigenvalue weighted by molar-refractivity contribution is 0.797. The van der Waals surface area contributed by atoms with Crippen molar-refractivity contribution in [3.05, 3.63) is 53.6 Å². The molecule has 0 spiro atoms. The molecule has 2 aromatic carbocycles. The van der Waals surface area contributed by atoms with Crippen LogP contribution >= 0.6 is 0 Å². The molecular weight excluding hydrogens is 194 g/mol. The predicted octanol–water partition coefficient (Wildman–Crippen LogP) is 3.79. The van der Waals surface area contributed by atoms with E-state index >= 15 is 0 Å². The van der Waals surface area contributed by atoms with Gasteiger partial charge in [-0.3, -0.25) is 0 Å². The van der Waals surface area contributed by atoms with Crippen LogP contribution < -0.4 is 5.73 Å². The Kier molecular flexibility index (Phi) is 2.00. The molecule has 1 aliphatic rings. The van der Waals surface area contributed by atoms with Crippen molar-refractivity contribution in [3.8, 4) is 11.1 Å². The van der Waals surface area contributed by atoms with E-state index in [9.17, 15) is 0 Å². The van der Waals surface area contributed by atoms with Gasteiger partial charge < -0.3 is 5.73 Å². The highest BCUT2D eigenvalue weighted by atomic mass is 14.5. The second kappa shape index (κ2) is 3.38. The summed E-state index contributed by atoms with van der Waals surface area (Å²) in [4.78, 5) is 0. The first-order chi connectivity index (χ1) is 7.81. The maximum atomic E-state index is 5.88. The molecule has 2 N–H and O–H groups in total. The second-order valence-electron chi connectivity index (χ2n) is 4.39. The van der Waals surface area contributed by atoms with E-state index in [1.807, 2.05) is 6.07 Å². The van der Waals surface area contributed by atoms with Gasteiger partial charge in [-0.2, -0.15) is 0 Å². The van der Waals surface area contributed by atoms with Gasteiger partial charge in [0.05, 0.1) is 0 Å². The molecule has 0 aromatic heterocycles. The zero-order valence-electron chi connectivity index (χ0n) is 9.40. The van der Waals surface area contributed by atoms with Gasteiger partial charge in [0, 0.05) is 11.6 Å². The summed E-state index contributed by atoms with van der Waals surface area (Å²) in [5, 5.41) is 0. The van der Waals surface area contributed by atoms with Crippen molar-refractivity contribution in [3.63, 3.8) is 0 Å². The molecule has 1 nitrogen and oxygen atoms in total. The number of fused-ring (bicyclic) bond motifs is 3. The van der Waals surface area contributed by atoms with Crippen LogP contribution in [0.1, 0.15) is 30.4 Å². The Morgan fingerprint density at radius 3 is 2.56 bits per heavy atom. The monoisotopic (exact) mass is 209 g/mol. The molecule has 0 heterocycles. The lowest BCUT2D eigenvalue weighted by Crippen LogP contribution is -1.95. The zero-order chi connectivity index (χ0) is 11.1. The summed E-state index contributed by atoms with van der Waals surface area (Å²) in [6, 6.07) is 14.9. The van der Waals surface area contributed by atoms with Gasteiger partial charge in [0.1, 0.15) is 0 Å². The maximum absolute atomic E-state index is 5.88. The summed E-state index contributed by atoms with van der Waals surface area (Å²) in [7, 11) is 0. The Hall–Kier alpha value is -1.76. The molecule has 1 unspecified atom stereocenters. The molecule has 80 valence electrons. The van der Waals surface area contributed by atoms with Crippen LogP contribution in [-0.4, -0.2) is 0 Å². The summed E-state index contributed by atoms with van der Waals surface area (Å²) in [6.45, 7) is 2.24. The Morgan fingerprint density at radius 1 is 1.00 bits per heavy atom. The highest BCUT2D eigenvalue weighted by molar-refractivity contribution is 5.80. The minimum absolute atomic E-state index is 0.523. The topological polar surface area (TPSA) is 26.0 Å². The van der Waals surface area contributed by atoms with Gasteiger partial charge in [0.25, 0.3) is 0 Å². The lowest BCUT2D eigenvalue weighted by atomic mass is 9.94. The fourth-order valence-corrected chi connectivity index (χ4v) is 2.77. The molecule has 1 aliphatic carbocycles. The minimum atomic E-state index is 0.523. The summed E-state index contributed by atoms with van der Waals surface area (Å²) in [5.41, 5.74) is 12.3. The number of anilines is 1. The van der Waals surface area contributed by atoms with Crippen molar-refractivity contribution in [1.29, 1.82) is 0 Å². The van der Waals surface area contributed by atoms with Gasteiger partial charge in [-0.1, -0.05) is 37.3 Å². The molecule has 0 fully saturated rings. The molecule has 2 aromatic rings. The first kappa shape index (κ1) is 9.46. The molecule has 0 amide bonds. The van der Waals surface area contributed by atoms with Crippen LogP contribution in [-0.2, 0) is 0 Å². The zero-order valence-corrected chi connectivity index (χ0v) is 9.40. The molecule has 0 aliphatic heterocycles. The van der Waals surface area contributed by atoms with Crippen molar-refractivity contribution < 1.29 is 0 Å². The average Bonchev–Trinajstić information content (AvgIpc) is 2.61. The third-order valence-electron chi connectivity index (χ3n) is 3.49. The Bertz CT molecular complexity index is 543. The van der Waals surface area contributed by atoms with E-state index in [4.69, 9.17) is 5.73 Å². The summed E-state index contributed by atoms with van der Waals surface area (Å²) in [5.74, 6) is 0.523. The SMILES string of the molecule is CCC1c2ccccc2-c2ccc(N)cc21. The number of hydrogen-bond donors (Lipinski definition) is 1. The van der Waals surface area contributed by atoms with Gasteiger partial charge >= 0.3 is 0 Å². The van der Waals surface area contributed by atoms with Gasteiger partial charge in [0.2, 0.25) is 0 Å². The largest absolute Gasteiger partial charge is 0.399 e. The third kappa shape index (κ3) is 1.18. The fraction of sp³-hybridized carbons (Fsp3) is 0.200.